The number of likely N-dealkylation sites (tertiary alicyclic amines) is 1. The minimum Gasteiger partial charge on any atom is -0.493 e. The lowest BCUT2D eigenvalue weighted by atomic mass is 9.90. The van der Waals surface area contributed by atoms with Crippen molar-refractivity contribution < 1.29 is 14.3 Å². The van der Waals surface area contributed by atoms with Crippen molar-refractivity contribution in [2.24, 2.45) is 5.92 Å². The van der Waals surface area contributed by atoms with Gasteiger partial charge in [-0.1, -0.05) is 30.3 Å². The van der Waals surface area contributed by atoms with Gasteiger partial charge in [-0.15, -0.1) is 11.8 Å². The van der Waals surface area contributed by atoms with E-state index in [4.69, 9.17) is 9.47 Å². The number of carbonyl (C=O) groups is 1. The Balaban J connectivity index is 1.52. The van der Waals surface area contributed by atoms with Crippen molar-refractivity contribution >= 4 is 17.7 Å². The summed E-state index contributed by atoms with van der Waals surface area (Å²) in [4.78, 5) is 15.9. The number of nitrogens with zero attached hydrogens (tertiary/aromatic N) is 1. The van der Waals surface area contributed by atoms with Crippen LogP contribution in [0.15, 0.2) is 53.4 Å². The van der Waals surface area contributed by atoms with E-state index in [2.05, 4.69) is 30.3 Å². The highest BCUT2D eigenvalue weighted by Crippen LogP contribution is 2.34. The van der Waals surface area contributed by atoms with Crippen molar-refractivity contribution in [1.82, 2.24) is 4.90 Å². The molecule has 1 aliphatic heterocycles. The number of hydrogen-bond donors (Lipinski definition) is 0. The summed E-state index contributed by atoms with van der Waals surface area (Å²) >= 11 is 1.57. The van der Waals surface area contributed by atoms with Crippen LogP contribution in [0.4, 0.5) is 0 Å². The third-order valence-corrected chi connectivity index (χ3v) is 6.39. The van der Waals surface area contributed by atoms with Crippen LogP contribution in [0.3, 0.4) is 0 Å². The van der Waals surface area contributed by atoms with Crippen LogP contribution in [0.5, 0.6) is 11.5 Å². The Morgan fingerprint density at radius 2 is 1.75 bits per heavy atom. The molecule has 1 fully saturated rings. The largest absolute Gasteiger partial charge is 0.493 e. The topological polar surface area (TPSA) is 38.8 Å². The third-order valence-electron chi connectivity index (χ3n) is 5.31. The molecule has 1 saturated heterocycles. The molecule has 0 spiro atoms. The molecule has 1 aliphatic rings. The molecule has 0 aromatic heterocycles. The van der Waals surface area contributed by atoms with E-state index in [0.717, 1.165) is 37.2 Å². The first-order chi connectivity index (χ1) is 13.6. The fourth-order valence-electron chi connectivity index (χ4n) is 3.71. The summed E-state index contributed by atoms with van der Waals surface area (Å²) in [6.45, 7) is 3.69. The predicted molar refractivity (Wildman–Crippen MR) is 114 cm³/mol. The van der Waals surface area contributed by atoms with Gasteiger partial charge in [0.15, 0.2) is 11.5 Å². The van der Waals surface area contributed by atoms with Gasteiger partial charge in [0.2, 0.25) is 5.91 Å². The molecule has 28 heavy (non-hydrogen) atoms. The van der Waals surface area contributed by atoms with Crippen molar-refractivity contribution in [2.45, 2.75) is 36.3 Å². The predicted octanol–water partition coefficient (Wildman–Crippen LogP) is 4.67. The second kappa shape index (κ2) is 9.87. The Morgan fingerprint density at radius 3 is 2.39 bits per heavy atom. The number of piperidine rings is 1. The normalized spacial score (nSPS) is 15.9. The van der Waals surface area contributed by atoms with E-state index in [0.29, 0.717) is 17.4 Å². The quantitative estimate of drug-likeness (QED) is 0.635. The van der Waals surface area contributed by atoms with Gasteiger partial charge < -0.3 is 14.4 Å². The van der Waals surface area contributed by atoms with Gasteiger partial charge in [0, 0.05) is 18.0 Å². The average Bonchev–Trinajstić information content (AvgIpc) is 2.74. The van der Waals surface area contributed by atoms with Gasteiger partial charge in [-0.05, 0) is 55.9 Å². The summed E-state index contributed by atoms with van der Waals surface area (Å²) in [5, 5.41) is -0.122. The first kappa shape index (κ1) is 20.6. The Labute approximate surface area is 172 Å². The molecule has 5 heteroatoms. The van der Waals surface area contributed by atoms with Crippen LogP contribution in [0.1, 0.15) is 25.3 Å². The summed E-state index contributed by atoms with van der Waals surface area (Å²) in [5.41, 5.74) is 1.39. The van der Waals surface area contributed by atoms with Gasteiger partial charge in [0.25, 0.3) is 0 Å². The van der Waals surface area contributed by atoms with Crippen molar-refractivity contribution in [3.63, 3.8) is 0 Å². The molecular formula is C23H29NO3S. The van der Waals surface area contributed by atoms with E-state index >= 15 is 0 Å². The van der Waals surface area contributed by atoms with Crippen LogP contribution in [0.25, 0.3) is 0 Å². The SMILES string of the molecule is COc1ccc(S[C@@H](C)C(=O)N2CCC(Cc3ccccc3)CC2)cc1OC. The summed E-state index contributed by atoms with van der Waals surface area (Å²) < 4.78 is 10.6. The molecule has 4 nitrogen and oxygen atoms in total. The average molecular weight is 400 g/mol. The zero-order chi connectivity index (χ0) is 19.9. The van der Waals surface area contributed by atoms with Crippen molar-refractivity contribution in [3.05, 3.63) is 54.1 Å². The zero-order valence-corrected chi connectivity index (χ0v) is 17.7. The number of hydrogen-bond acceptors (Lipinski definition) is 4. The van der Waals surface area contributed by atoms with E-state index < -0.39 is 0 Å². The second-order valence-corrected chi connectivity index (χ2v) is 8.65. The fourth-order valence-corrected chi connectivity index (χ4v) is 4.69. The first-order valence-corrected chi connectivity index (χ1v) is 10.7. The molecule has 0 aliphatic carbocycles. The maximum atomic E-state index is 12.9. The van der Waals surface area contributed by atoms with E-state index in [-0.39, 0.29) is 11.2 Å². The molecule has 0 radical (unpaired) electrons. The molecule has 0 saturated carbocycles. The van der Waals surface area contributed by atoms with Gasteiger partial charge in [-0.3, -0.25) is 4.79 Å². The Hall–Kier alpha value is -2.14. The monoisotopic (exact) mass is 399 g/mol. The molecule has 0 bridgehead atoms. The van der Waals surface area contributed by atoms with Crippen LogP contribution in [-0.4, -0.2) is 43.4 Å². The van der Waals surface area contributed by atoms with Crippen LogP contribution in [0.2, 0.25) is 0 Å². The Kier molecular flexibility index (Phi) is 7.26. The number of thioether (sulfide) groups is 1. The van der Waals surface area contributed by atoms with Gasteiger partial charge in [0.05, 0.1) is 19.5 Å². The molecule has 2 aromatic carbocycles. The van der Waals surface area contributed by atoms with Crippen LogP contribution < -0.4 is 9.47 Å². The van der Waals surface area contributed by atoms with Gasteiger partial charge in [0.1, 0.15) is 0 Å². The summed E-state index contributed by atoms with van der Waals surface area (Å²) in [7, 11) is 3.25. The lowest BCUT2D eigenvalue weighted by molar-refractivity contribution is -0.131. The molecule has 1 atom stereocenters. The minimum atomic E-state index is -0.122. The maximum Gasteiger partial charge on any atom is 0.235 e. The molecule has 1 heterocycles. The molecule has 1 amide bonds. The summed E-state index contributed by atoms with van der Waals surface area (Å²) in [5.74, 6) is 2.28. The van der Waals surface area contributed by atoms with Crippen molar-refractivity contribution in [2.75, 3.05) is 27.3 Å². The van der Waals surface area contributed by atoms with Gasteiger partial charge in [-0.25, -0.2) is 0 Å². The van der Waals surface area contributed by atoms with Crippen LogP contribution in [-0.2, 0) is 11.2 Å². The molecule has 150 valence electrons. The number of methoxy groups -OCH3 is 2. The molecule has 0 N–H and O–H groups in total. The number of benzene rings is 2. The lowest BCUT2D eigenvalue weighted by Crippen LogP contribution is -2.42. The maximum absolute atomic E-state index is 12.9. The second-order valence-electron chi connectivity index (χ2n) is 7.24. The standard InChI is InChI=1S/C23H29NO3S/c1-17(28-20-9-10-21(26-2)22(16-20)27-3)23(25)24-13-11-19(12-14-24)15-18-7-5-4-6-8-18/h4-10,16-17,19H,11-15H2,1-3H3/t17-/m0/s1. The number of amides is 1. The van der Waals surface area contributed by atoms with E-state index in [1.54, 1.807) is 26.0 Å². The number of carbonyl (C=O) groups excluding carboxylic acids is 1. The minimum absolute atomic E-state index is 0.122. The first-order valence-electron chi connectivity index (χ1n) is 9.82. The number of ether oxygens (including phenoxy) is 2. The Bertz CT molecular complexity index is 773. The highest BCUT2D eigenvalue weighted by Gasteiger charge is 2.26. The Morgan fingerprint density at radius 1 is 1.07 bits per heavy atom. The zero-order valence-electron chi connectivity index (χ0n) is 16.9. The molecule has 3 rings (SSSR count). The molecule has 0 unspecified atom stereocenters. The lowest BCUT2D eigenvalue weighted by Gasteiger charge is -2.33. The van der Waals surface area contributed by atoms with Crippen molar-refractivity contribution in [3.8, 4) is 11.5 Å². The van der Waals surface area contributed by atoms with E-state index in [1.165, 1.54) is 5.56 Å². The highest BCUT2D eigenvalue weighted by atomic mass is 32.2. The molecule has 2 aromatic rings. The highest BCUT2D eigenvalue weighted by molar-refractivity contribution is 8.00. The van der Waals surface area contributed by atoms with Crippen LogP contribution >= 0.6 is 11.8 Å². The fraction of sp³-hybridized carbons (Fsp3) is 0.435. The summed E-state index contributed by atoms with van der Waals surface area (Å²) in [6.07, 6.45) is 3.27. The number of rotatable bonds is 7. The summed E-state index contributed by atoms with van der Waals surface area (Å²) in [6, 6.07) is 16.4. The third kappa shape index (κ3) is 5.22. The van der Waals surface area contributed by atoms with E-state index in [1.807, 2.05) is 30.0 Å². The van der Waals surface area contributed by atoms with Crippen LogP contribution in [0, 0.1) is 5.92 Å². The van der Waals surface area contributed by atoms with Crippen molar-refractivity contribution in [1.29, 1.82) is 0 Å². The van der Waals surface area contributed by atoms with Gasteiger partial charge in [-0.2, -0.15) is 0 Å². The van der Waals surface area contributed by atoms with Gasteiger partial charge >= 0.3 is 0 Å². The molecular weight excluding hydrogens is 370 g/mol. The van der Waals surface area contributed by atoms with E-state index in [9.17, 15) is 4.79 Å². The smallest absolute Gasteiger partial charge is 0.235 e.